The predicted molar refractivity (Wildman–Crippen MR) is 129 cm³/mol. The minimum absolute atomic E-state index is 0.127. The number of carboxylic acid groups (broad SMARTS) is 1. The zero-order valence-corrected chi connectivity index (χ0v) is 20.5. The molecule has 188 valence electrons. The maximum absolute atomic E-state index is 13.1. The summed E-state index contributed by atoms with van der Waals surface area (Å²) in [6, 6.07) is 5.84. The zero-order valence-electron chi connectivity index (χ0n) is 20.5. The molecule has 5 N–H and O–H groups in total. The highest BCUT2D eigenvalue weighted by atomic mass is 16.4. The number of benzene rings is 1. The van der Waals surface area contributed by atoms with Crippen LogP contribution in [0.3, 0.4) is 0 Å². The summed E-state index contributed by atoms with van der Waals surface area (Å²) >= 11 is 0. The van der Waals surface area contributed by atoms with Crippen LogP contribution in [0.1, 0.15) is 52.5 Å². The summed E-state index contributed by atoms with van der Waals surface area (Å²) in [4.78, 5) is 50.6. The van der Waals surface area contributed by atoms with E-state index in [9.17, 15) is 24.3 Å². The SMILES string of the molecule is CCC(C)C(NC(=O)C(NC(=O)C1CCCN1)C(C)C)C(=O)NC(Cc1ccccc1)C(=O)O. The molecule has 3 amide bonds. The van der Waals surface area contributed by atoms with Gasteiger partial charge in [0.25, 0.3) is 0 Å². The number of aliphatic carboxylic acids is 1. The smallest absolute Gasteiger partial charge is 0.326 e. The van der Waals surface area contributed by atoms with Gasteiger partial charge in [-0.3, -0.25) is 14.4 Å². The molecule has 0 saturated carbocycles. The first-order valence-corrected chi connectivity index (χ1v) is 12.0. The summed E-state index contributed by atoms with van der Waals surface area (Å²) in [7, 11) is 0. The lowest BCUT2D eigenvalue weighted by Crippen LogP contribution is -2.59. The van der Waals surface area contributed by atoms with Crippen molar-refractivity contribution in [1.82, 2.24) is 21.3 Å². The number of carbonyl (C=O) groups is 4. The van der Waals surface area contributed by atoms with E-state index < -0.39 is 35.9 Å². The molecule has 1 heterocycles. The van der Waals surface area contributed by atoms with Gasteiger partial charge in [0.1, 0.15) is 18.1 Å². The number of amides is 3. The highest BCUT2D eigenvalue weighted by molar-refractivity contribution is 5.94. The van der Waals surface area contributed by atoms with Gasteiger partial charge in [0.2, 0.25) is 17.7 Å². The van der Waals surface area contributed by atoms with Crippen LogP contribution < -0.4 is 21.3 Å². The van der Waals surface area contributed by atoms with Crippen LogP contribution in [0, 0.1) is 11.8 Å². The molecule has 1 saturated heterocycles. The van der Waals surface area contributed by atoms with Crippen LogP contribution in [0.25, 0.3) is 0 Å². The Kier molecular flexibility index (Phi) is 10.5. The lowest BCUT2D eigenvalue weighted by atomic mass is 9.95. The highest BCUT2D eigenvalue weighted by Crippen LogP contribution is 2.13. The standard InChI is InChI=1S/C25H38N4O5/c1-5-16(4)21(24(32)27-19(25(33)34)14-17-10-7-6-8-11-17)29-23(31)20(15(2)3)28-22(30)18-12-9-13-26-18/h6-8,10-11,15-16,18-21,26H,5,9,12-14H2,1-4H3,(H,27,32)(H,28,30)(H,29,31)(H,33,34). The molecule has 1 fully saturated rings. The number of nitrogens with one attached hydrogen (secondary N) is 4. The minimum atomic E-state index is -1.15. The molecule has 1 aromatic carbocycles. The fraction of sp³-hybridized carbons (Fsp3) is 0.600. The number of rotatable bonds is 12. The largest absolute Gasteiger partial charge is 0.480 e. The Morgan fingerprint density at radius 3 is 2.18 bits per heavy atom. The van der Waals surface area contributed by atoms with Crippen molar-refractivity contribution in [3.05, 3.63) is 35.9 Å². The third-order valence-corrected chi connectivity index (χ3v) is 6.31. The maximum Gasteiger partial charge on any atom is 0.326 e. The van der Waals surface area contributed by atoms with Gasteiger partial charge in [-0.25, -0.2) is 4.79 Å². The van der Waals surface area contributed by atoms with E-state index in [1.54, 1.807) is 24.3 Å². The monoisotopic (exact) mass is 474 g/mol. The molecule has 1 aromatic rings. The van der Waals surface area contributed by atoms with Crippen LogP contribution in [-0.2, 0) is 25.6 Å². The van der Waals surface area contributed by atoms with E-state index in [1.165, 1.54) is 0 Å². The van der Waals surface area contributed by atoms with Crippen LogP contribution in [0.15, 0.2) is 30.3 Å². The number of hydrogen-bond acceptors (Lipinski definition) is 5. The molecule has 1 aliphatic heterocycles. The number of carbonyl (C=O) groups excluding carboxylic acids is 3. The van der Waals surface area contributed by atoms with E-state index in [-0.39, 0.29) is 30.2 Å². The van der Waals surface area contributed by atoms with Crippen LogP contribution in [0.2, 0.25) is 0 Å². The summed E-state index contributed by atoms with van der Waals surface area (Å²) in [5.74, 6) is -2.84. The molecule has 0 aliphatic carbocycles. The highest BCUT2D eigenvalue weighted by Gasteiger charge is 2.34. The first kappa shape index (κ1) is 27.3. The quantitative estimate of drug-likeness (QED) is 0.309. The van der Waals surface area contributed by atoms with Gasteiger partial charge in [-0.1, -0.05) is 64.4 Å². The Morgan fingerprint density at radius 2 is 1.65 bits per heavy atom. The third kappa shape index (κ3) is 7.83. The summed E-state index contributed by atoms with van der Waals surface area (Å²) < 4.78 is 0. The van der Waals surface area contributed by atoms with Crippen LogP contribution in [-0.4, -0.2) is 59.5 Å². The van der Waals surface area contributed by atoms with Crippen molar-refractivity contribution in [2.75, 3.05) is 6.54 Å². The molecule has 34 heavy (non-hydrogen) atoms. The van der Waals surface area contributed by atoms with E-state index in [4.69, 9.17) is 0 Å². The van der Waals surface area contributed by atoms with Crippen molar-refractivity contribution in [1.29, 1.82) is 0 Å². The minimum Gasteiger partial charge on any atom is -0.480 e. The average Bonchev–Trinajstić information content (AvgIpc) is 3.35. The Bertz CT molecular complexity index is 839. The van der Waals surface area contributed by atoms with Crippen molar-refractivity contribution >= 4 is 23.7 Å². The number of hydrogen-bond donors (Lipinski definition) is 5. The maximum atomic E-state index is 13.1. The summed E-state index contributed by atoms with van der Waals surface area (Å²) in [5, 5.41) is 20.9. The second-order valence-corrected chi connectivity index (χ2v) is 9.34. The van der Waals surface area contributed by atoms with Crippen LogP contribution in [0.4, 0.5) is 0 Å². The van der Waals surface area contributed by atoms with Crippen LogP contribution >= 0.6 is 0 Å². The average molecular weight is 475 g/mol. The zero-order chi connectivity index (χ0) is 25.3. The molecule has 9 heteroatoms. The van der Waals surface area contributed by atoms with E-state index in [0.29, 0.717) is 12.8 Å². The Labute approximate surface area is 201 Å². The molecule has 0 radical (unpaired) electrons. The van der Waals surface area contributed by atoms with Gasteiger partial charge in [0.15, 0.2) is 0 Å². The molecule has 5 unspecified atom stereocenters. The topological polar surface area (TPSA) is 137 Å². The third-order valence-electron chi connectivity index (χ3n) is 6.31. The normalized spacial score (nSPS) is 19.0. The second-order valence-electron chi connectivity index (χ2n) is 9.34. The Balaban J connectivity index is 2.11. The molecular formula is C25H38N4O5. The molecule has 0 bridgehead atoms. The van der Waals surface area contributed by atoms with Crippen molar-refractivity contribution in [2.24, 2.45) is 11.8 Å². The summed E-state index contributed by atoms with van der Waals surface area (Å²) in [6.45, 7) is 8.13. The van der Waals surface area contributed by atoms with Gasteiger partial charge in [0, 0.05) is 6.42 Å². The Hall–Kier alpha value is -2.94. The summed E-state index contributed by atoms with van der Waals surface area (Å²) in [6.07, 6.45) is 2.34. The fourth-order valence-corrected chi connectivity index (χ4v) is 3.95. The van der Waals surface area contributed by atoms with Crippen molar-refractivity contribution in [2.45, 2.75) is 77.5 Å². The first-order valence-electron chi connectivity index (χ1n) is 12.0. The second kappa shape index (κ2) is 13.1. The van der Waals surface area contributed by atoms with Crippen molar-refractivity contribution in [3.63, 3.8) is 0 Å². The van der Waals surface area contributed by atoms with Gasteiger partial charge >= 0.3 is 5.97 Å². The lowest BCUT2D eigenvalue weighted by molar-refractivity contribution is -0.142. The van der Waals surface area contributed by atoms with Crippen molar-refractivity contribution < 1.29 is 24.3 Å². The van der Waals surface area contributed by atoms with E-state index in [2.05, 4.69) is 21.3 Å². The molecular weight excluding hydrogens is 436 g/mol. The molecule has 0 aromatic heterocycles. The molecule has 2 rings (SSSR count). The lowest BCUT2D eigenvalue weighted by Gasteiger charge is -2.29. The van der Waals surface area contributed by atoms with Crippen molar-refractivity contribution in [3.8, 4) is 0 Å². The molecule has 1 aliphatic rings. The Morgan fingerprint density at radius 1 is 1.00 bits per heavy atom. The van der Waals surface area contributed by atoms with E-state index >= 15 is 0 Å². The van der Waals surface area contributed by atoms with Gasteiger partial charge in [-0.05, 0) is 36.8 Å². The van der Waals surface area contributed by atoms with Crippen LogP contribution in [0.5, 0.6) is 0 Å². The molecule has 0 spiro atoms. The van der Waals surface area contributed by atoms with Gasteiger partial charge in [0.05, 0.1) is 6.04 Å². The number of carboxylic acids is 1. The van der Waals surface area contributed by atoms with Gasteiger partial charge in [-0.15, -0.1) is 0 Å². The van der Waals surface area contributed by atoms with Gasteiger partial charge in [-0.2, -0.15) is 0 Å². The first-order chi connectivity index (χ1) is 16.1. The summed E-state index contributed by atoms with van der Waals surface area (Å²) in [5.41, 5.74) is 0.780. The fourth-order valence-electron chi connectivity index (χ4n) is 3.95. The molecule has 9 nitrogen and oxygen atoms in total. The van der Waals surface area contributed by atoms with E-state index in [0.717, 1.165) is 18.5 Å². The van der Waals surface area contributed by atoms with E-state index in [1.807, 2.05) is 33.8 Å². The molecule has 5 atom stereocenters. The van der Waals surface area contributed by atoms with Gasteiger partial charge < -0.3 is 26.4 Å². The predicted octanol–water partition coefficient (Wildman–Crippen LogP) is 1.22.